The lowest BCUT2D eigenvalue weighted by molar-refractivity contribution is 0.00752. The molecule has 0 saturated carbocycles. The van der Waals surface area contributed by atoms with Gasteiger partial charge in [0, 0.05) is 43.7 Å². The highest BCUT2D eigenvalue weighted by Gasteiger charge is 2.23. The van der Waals surface area contributed by atoms with Crippen LogP contribution in [0.3, 0.4) is 0 Å². The van der Waals surface area contributed by atoms with Crippen LogP contribution in [0.1, 0.15) is 19.5 Å². The SMILES string of the molecule is CN=C(NCc1csc(-c2ccccc2)n1)NCC(C(C)C)N1CCOCC1.I. The highest BCUT2D eigenvalue weighted by molar-refractivity contribution is 14.0. The summed E-state index contributed by atoms with van der Waals surface area (Å²) in [6.07, 6.45) is 0. The van der Waals surface area contributed by atoms with Crippen molar-refractivity contribution in [3.8, 4) is 10.6 Å². The Bertz CT molecular complexity index is 747. The van der Waals surface area contributed by atoms with E-state index in [0.717, 1.165) is 55.1 Å². The molecule has 3 rings (SSSR count). The summed E-state index contributed by atoms with van der Waals surface area (Å²) in [5, 5.41) is 10.0. The van der Waals surface area contributed by atoms with Crippen LogP contribution in [0.5, 0.6) is 0 Å². The second-order valence-corrected chi connectivity index (χ2v) is 8.13. The second-order valence-electron chi connectivity index (χ2n) is 7.28. The van der Waals surface area contributed by atoms with Crippen molar-refractivity contribution in [2.45, 2.75) is 26.4 Å². The maximum atomic E-state index is 5.49. The van der Waals surface area contributed by atoms with Crippen molar-refractivity contribution in [2.75, 3.05) is 39.9 Å². The first-order valence-electron chi connectivity index (χ1n) is 9.93. The number of halogens is 1. The molecule has 1 aromatic carbocycles. The number of thiazole rings is 1. The number of nitrogens with zero attached hydrogens (tertiary/aromatic N) is 3. The van der Waals surface area contributed by atoms with Gasteiger partial charge in [-0.05, 0) is 5.92 Å². The van der Waals surface area contributed by atoms with Gasteiger partial charge in [0.25, 0.3) is 0 Å². The maximum absolute atomic E-state index is 5.49. The molecular formula is C21H32IN5OS. The van der Waals surface area contributed by atoms with Gasteiger partial charge in [-0.3, -0.25) is 9.89 Å². The number of morpholine rings is 1. The number of ether oxygens (including phenoxy) is 1. The van der Waals surface area contributed by atoms with E-state index in [0.29, 0.717) is 18.5 Å². The summed E-state index contributed by atoms with van der Waals surface area (Å²) < 4.78 is 5.49. The van der Waals surface area contributed by atoms with Gasteiger partial charge in [0.05, 0.1) is 25.5 Å². The number of benzene rings is 1. The fraction of sp³-hybridized carbons (Fsp3) is 0.524. The molecule has 160 valence electrons. The Hall–Kier alpha value is -1.23. The number of nitrogens with one attached hydrogen (secondary N) is 2. The summed E-state index contributed by atoms with van der Waals surface area (Å²) in [5.41, 5.74) is 2.19. The Morgan fingerprint density at radius 3 is 2.59 bits per heavy atom. The first-order valence-corrected chi connectivity index (χ1v) is 10.8. The van der Waals surface area contributed by atoms with E-state index < -0.39 is 0 Å². The van der Waals surface area contributed by atoms with Gasteiger partial charge < -0.3 is 15.4 Å². The maximum Gasteiger partial charge on any atom is 0.191 e. The minimum absolute atomic E-state index is 0. The molecule has 1 unspecified atom stereocenters. The van der Waals surface area contributed by atoms with Crippen molar-refractivity contribution < 1.29 is 4.74 Å². The molecule has 0 aliphatic carbocycles. The van der Waals surface area contributed by atoms with Gasteiger partial charge in [0.15, 0.2) is 5.96 Å². The highest BCUT2D eigenvalue weighted by atomic mass is 127. The van der Waals surface area contributed by atoms with E-state index in [1.54, 1.807) is 11.3 Å². The molecule has 29 heavy (non-hydrogen) atoms. The van der Waals surface area contributed by atoms with Crippen molar-refractivity contribution in [3.05, 3.63) is 41.4 Å². The number of hydrogen-bond acceptors (Lipinski definition) is 5. The summed E-state index contributed by atoms with van der Waals surface area (Å²) in [6, 6.07) is 10.8. The van der Waals surface area contributed by atoms with Gasteiger partial charge in [-0.2, -0.15) is 0 Å². The van der Waals surface area contributed by atoms with Crippen molar-refractivity contribution >= 4 is 41.3 Å². The number of hydrogen-bond donors (Lipinski definition) is 2. The predicted molar refractivity (Wildman–Crippen MR) is 132 cm³/mol. The molecule has 1 fully saturated rings. The normalized spacial score (nSPS) is 16.3. The number of aliphatic imine (C=N–C) groups is 1. The van der Waals surface area contributed by atoms with Crippen molar-refractivity contribution in [2.24, 2.45) is 10.9 Å². The quantitative estimate of drug-likeness (QED) is 0.327. The molecule has 2 aromatic rings. The molecule has 0 amide bonds. The van der Waals surface area contributed by atoms with E-state index in [4.69, 9.17) is 9.72 Å². The van der Waals surface area contributed by atoms with Crippen LogP contribution >= 0.6 is 35.3 Å². The Labute approximate surface area is 195 Å². The molecule has 8 heteroatoms. The summed E-state index contributed by atoms with van der Waals surface area (Å²) in [6.45, 7) is 9.72. The number of rotatable bonds is 7. The van der Waals surface area contributed by atoms with Gasteiger partial charge in [-0.1, -0.05) is 44.2 Å². The lowest BCUT2D eigenvalue weighted by atomic mass is 10.0. The van der Waals surface area contributed by atoms with E-state index in [1.165, 1.54) is 0 Å². The zero-order valence-corrected chi connectivity index (χ0v) is 20.6. The topological polar surface area (TPSA) is 61.8 Å². The molecule has 2 heterocycles. The van der Waals surface area contributed by atoms with Crippen LogP contribution in [-0.2, 0) is 11.3 Å². The van der Waals surface area contributed by atoms with Crippen molar-refractivity contribution in [3.63, 3.8) is 0 Å². The first-order chi connectivity index (χ1) is 13.7. The van der Waals surface area contributed by atoms with Gasteiger partial charge in [-0.25, -0.2) is 4.98 Å². The second kappa shape index (κ2) is 12.5. The zero-order valence-electron chi connectivity index (χ0n) is 17.4. The fourth-order valence-electron chi connectivity index (χ4n) is 3.39. The molecule has 1 atom stereocenters. The molecule has 1 aliphatic rings. The lowest BCUT2D eigenvalue weighted by Gasteiger charge is -2.37. The van der Waals surface area contributed by atoms with E-state index in [2.05, 4.69) is 51.9 Å². The minimum Gasteiger partial charge on any atom is -0.379 e. The molecule has 1 aromatic heterocycles. The van der Waals surface area contributed by atoms with Crippen LogP contribution in [0, 0.1) is 5.92 Å². The Morgan fingerprint density at radius 2 is 1.93 bits per heavy atom. The Balaban J connectivity index is 0.00000300. The third-order valence-electron chi connectivity index (χ3n) is 5.00. The Morgan fingerprint density at radius 1 is 1.21 bits per heavy atom. The molecular weight excluding hydrogens is 497 g/mol. The largest absolute Gasteiger partial charge is 0.379 e. The van der Waals surface area contributed by atoms with E-state index in [9.17, 15) is 0 Å². The molecule has 0 spiro atoms. The van der Waals surface area contributed by atoms with Crippen molar-refractivity contribution in [1.29, 1.82) is 0 Å². The van der Waals surface area contributed by atoms with Gasteiger partial charge in [0.2, 0.25) is 0 Å². The van der Waals surface area contributed by atoms with Crippen LogP contribution in [0.4, 0.5) is 0 Å². The highest BCUT2D eigenvalue weighted by Crippen LogP contribution is 2.23. The summed E-state index contributed by atoms with van der Waals surface area (Å²) in [7, 11) is 1.81. The van der Waals surface area contributed by atoms with E-state index in [1.807, 2.05) is 25.2 Å². The average Bonchev–Trinajstić information content (AvgIpc) is 3.21. The first kappa shape index (κ1) is 24.0. The van der Waals surface area contributed by atoms with Crippen LogP contribution in [0.15, 0.2) is 40.7 Å². The summed E-state index contributed by atoms with van der Waals surface area (Å²) >= 11 is 1.67. The summed E-state index contributed by atoms with van der Waals surface area (Å²) in [4.78, 5) is 11.6. The summed E-state index contributed by atoms with van der Waals surface area (Å²) in [5.74, 6) is 1.38. The third-order valence-corrected chi connectivity index (χ3v) is 5.94. The van der Waals surface area contributed by atoms with Crippen LogP contribution in [0.25, 0.3) is 10.6 Å². The monoisotopic (exact) mass is 529 g/mol. The third kappa shape index (κ3) is 7.20. The standard InChI is InChI=1S/C21H31N5OS.HI/c1-16(2)19(26-9-11-27-12-10-26)14-24-21(22-3)23-13-18-15-28-20(25-18)17-7-5-4-6-8-17;/h4-8,15-16,19H,9-14H2,1-3H3,(H2,22,23,24);1H. The van der Waals surface area contributed by atoms with Crippen LogP contribution in [0.2, 0.25) is 0 Å². The minimum atomic E-state index is 0. The molecule has 0 bridgehead atoms. The molecule has 2 N–H and O–H groups in total. The smallest absolute Gasteiger partial charge is 0.191 e. The van der Waals surface area contributed by atoms with E-state index in [-0.39, 0.29) is 24.0 Å². The number of aromatic nitrogens is 1. The van der Waals surface area contributed by atoms with Crippen LogP contribution < -0.4 is 10.6 Å². The molecule has 1 saturated heterocycles. The van der Waals surface area contributed by atoms with Gasteiger partial charge in [-0.15, -0.1) is 35.3 Å². The molecule has 6 nitrogen and oxygen atoms in total. The predicted octanol–water partition coefficient (Wildman–Crippen LogP) is 3.45. The number of guanidine groups is 1. The molecule has 0 radical (unpaired) electrons. The fourth-order valence-corrected chi connectivity index (χ4v) is 4.22. The van der Waals surface area contributed by atoms with Gasteiger partial charge >= 0.3 is 0 Å². The van der Waals surface area contributed by atoms with Crippen LogP contribution in [-0.4, -0.2) is 61.8 Å². The Kier molecular flexibility index (Phi) is 10.3. The van der Waals surface area contributed by atoms with Crippen molar-refractivity contribution in [1.82, 2.24) is 20.5 Å². The molecule has 1 aliphatic heterocycles. The average molecular weight is 529 g/mol. The zero-order chi connectivity index (χ0) is 19.8. The lowest BCUT2D eigenvalue weighted by Crippen LogP contribution is -2.52. The van der Waals surface area contributed by atoms with E-state index >= 15 is 0 Å². The van der Waals surface area contributed by atoms with Gasteiger partial charge in [0.1, 0.15) is 5.01 Å².